The number of aliphatic hydroxyl groups is 1. The first-order valence-electron chi connectivity index (χ1n) is 4.94. The van der Waals surface area contributed by atoms with Crippen molar-refractivity contribution < 1.29 is 18.3 Å². The van der Waals surface area contributed by atoms with Crippen LogP contribution in [-0.4, -0.2) is 8.84 Å². The SMILES string of the molecule is OC(CCC(Br)Br)c1ccc(C(F)(F)F)cc1. The summed E-state index contributed by atoms with van der Waals surface area (Å²) in [7, 11) is 0. The van der Waals surface area contributed by atoms with Crippen molar-refractivity contribution in [3.8, 4) is 0 Å². The first kappa shape index (κ1) is 15.0. The summed E-state index contributed by atoms with van der Waals surface area (Å²) in [5, 5.41) is 9.74. The Morgan fingerprint density at radius 3 is 2.00 bits per heavy atom. The fourth-order valence-electron chi connectivity index (χ4n) is 1.34. The Hall–Kier alpha value is -0.0700. The van der Waals surface area contributed by atoms with Gasteiger partial charge in [0.1, 0.15) is 0 Å². The summed E-state index contributed by atoms with van der Waals surface area (Å²) in [6.07, 6.45) is -3.91. The smallest absolute Gasteiger partial charge is 0.388 e. The topological polar surface area (TPSA) is 20.2 Å². The molecule has 17 heavy (non-hydrogen) atoms. The normalized spacial score (nSPS) is 14.1. The van der Waals surface area contributed by atoms with Crippen LogP contribution in [-0.2, 0) is 6.18 Å². The molecule has 0 aliphatic carbocycles. The van der Waals surface area contributed by atoms with Crippen LogP contribution in [0.5, 0.6) is 0 Å². The first-order chi connectivity index (χ1) is 7.80. The molecule has 1 unspecified atom stereocenters. The highest BCUT2D eigenvalue weighted by Gasteiger charge is 2.30. The van der Waals surface area contributed by atoms with Crippen LogP contribution >= 0.6 is 31.9 Å². The van der Waals surface area contributed by atoms with E-state index in [1.807, 2.05) is 0 Å². The van der Waals surface area contributed by atoms with Gasteiger partial charge in [0.15, 0.2) is 0 Å². The number of halogens is 5. The molecule has 0 bridgehead atoms. The third kappa shape index (κ3) is 4.97. The zero-order valence-corrected chi connectivity index (χ0v) is 11.9. The second-order valence-electron chi connectivity index (χ2n) is 3.60. The van der Waals surface area contributed by atoms with Crippen molar-refractivity contribution in [3.63, 3.8) is 0 Å². The Morgan fingerprint density at radius 2 is 1.59 bits per heavy atom. The minimum Gasteiger partial charge on any atom is -0.388 e. The summed E-state index contributed by atoms with van der Waals surface area (Å²) in [6, 6.07) is 4.59. The third-order valence-electron chi connectivity index (χ3n) is 2.28. The van der Waals surface area contributed by atoms with Crippen molar-refractivity contribution in [2.75, 3.05) is 0 Å². The Balaban J connectivity index is 2.67. The lowest BCUT2D eigenvalue weighted by atomic mass is 10.0. The van der Waals surface area contributed by atoms with Crippen molar-refractivity contribution in [2.45, 2.75) is 28.9 Å². The minimum absolute atomic E-state index is 0.0964. The molecule has 6 heteroatoms. The van der Waals surface area contributed by atoms with E-state index in [9.17, 15) is 18.3 Å². The lowest BCUT2D eigenvalue weighted by Gasteiger charge is -2.13. The summed E-state index contributed by atoms with van der Waals surface area (Å²) in [5.41, 5.74) is -0.203. The van der Waals surface area contributed by atoms with Crippen molar-refractivity contribution in [2.24, 2.45) is 0 Å². The fourth-order valence-corrected chi connectivity index (χ4v) is 1.87. The number of hydrogen-bond acceptors (Lipinski definition) is 1. The zero-order valence-electron chi connectivity index (χ0n) is 8.72. The Labute approximate surface area is 114 Å². The molecule has 0 radical (unpaired) electrons. The predicted octanol–water partition coefficient (Wildman–Crippen LogP) is 4.63. The molecule has 0 saturated heterocycles. The zero-order chi connectivity index (χ0) is 13.1. The van der Waals surface area contributed by atoms with E-state index in [-0.39, 0.29) is 3.74 Å². The van der Waals surface area contributed by atoms with E-state index >= 15 is 0 Å². The van der Waals surface area contributed by atoms with E-state index < -0.39 is 17.8 Å². The quantitative estimate of drug-likeness (QED) is 0.760. The number of aliphatic hydroxyl groups excluding tert-OH is 1. The second kappa shape index (κ2) is 6.20. The monoisotopic (exact) mass is 374 g/mol. The van der Waals surface area contributed by atoms with Gasteiger partial charge in [-0.2, -0.15) is 13.2 Å². The van der Waals surface area contributed by atoms with Gasteiger partial charge in [-0.15, -0.1) is 0 Å². The molecule has 96 valence electrons. The number of alkyl halides is 5. The van der Waals surface area contributed by atoms with Gasteiger partial charge >= 0.3 is 6.18 Å². The van der Waals surface area contributed by atoms with Crippen LogP contribution in [0.15, 0.2) is 24.3 Å². The van der Waals surface area contributed by atoms with E-state index in [2.05, 4.69) is 31.9 Å². The maximum absolute atomic E-state index is 12.3. The molecule has 1 aromatic rings. The van der Waals surface area contributed by atoms with Crippen LogP contribution in [0, 0.1) is 0 Å². The lowest BCUT2D eigenvalue weighted by molar-refractivity contribution is -0.137. The van der Waals surface area contributed by atoms with E-state index in [0.29, 0.717) is 18.4 Å². The maximum Gasteiger partial charge on any atom is 0.416 e. The van der Waals surface area contributed by atoms with Crippen LogP contribution in [0.25, 0.3) is 0 Å². The highest BCUT2D eigenvalue weighted by atomic mass is 79.9. The van der Waals surface area contributed by atoms with E-state index in [4.69, 9.17) is 0 Å². The van der Waals surface area contributed by atoms with E-state index in [0.717, 1.165) is 12.1 Å². The van der Waals surface area contributed by atoms with Gasteiger partial charge in [0.2, 0.25) is 0 Å². The van der Waals surface area contributed by atoms with Crippen LogP contribution in [0.3, 0.4) is 0 Å². The molecule has 0 spiro atoms. The molecule has 0 aromatic heterocycles. The average molecular weight is 376 g/mol. The van der Waals surface area contributed by atoms with Gasteiger partial charge in [0, 0.05) is 0 Å². The summed E-state index contributed by atoms with van der Waals surface area (Å²) in [6.45, 7) is 0. The molecule has 1 aromatic carbocycles. The van der Waals surface area contributed by atoms with Crippen molar-refractivity contribution >= 4 is 31.9 Å². The maximum atomic E-state index is 12.3. The lowest BCUT2D eigenvalue weighted by Crippen LogP contribution is -2.06. The number of benzene rings is 1. The van der Waals surface area contributed by atoms with Gasteiger partial charge in [-0.1, -0.05) is 44.0 Å². The molecule has 0 amide bonds. The van der Waals surface area contributed by atoms with Crippen LogP contribution in [0.4, 0.5) is 13.2 Å². The van der Waals surface area contributed by atoms with Crippen LogP contribution in [0.1, 0.15) is 30.1 Å². The van der Waals surface area contributed by atoms with Gasteiger partial charge in [-0.25, -0.2) is 0 Å². The number of rotatable bonds is 4. The summed E-state index contributed by atoms with van der Waals surface area (Å²) >= 11 is 6.54. The van der Waals surface area contributed by atoms with Gasteiger partial charge in [0.05, 0.1) is 15.4 Å². The van der Waals surface area contributed by atoms with Gasteiger partial charge in [-0.3, -0.25) is 0 Å². The van der Waals surface area contributed by atoms with E-state index in [1.165, 1.54) is 12.1 Å². The van der Waals surface area contributed by atoms with Gasteiger partial charge in [-0.05, 0) is 30.5 Å². The molecule has 0 aliphatic heterocycles. The standard InChI is InChI=1S/C11H11Br2F3O/c12-10(13)6-5-9(17)7-1-3-8(4-2-7)11(14,15)16/h1-4,9-10,17H,5-6H2. The van der Waals surface area contributed by atoms with Crippen LogP contribution in [0.2, 0.25) is 0 Å². The second-order valence-corrected chi connectivity index (χ2v) is 7.04. The summed E-state index contributed by atoms with van der Waals surface area (Å²) < 4.78 is 37.0. The Morgan fingerprint density at radius 1 is 1.06 bits per heavy atom. The van der Waals surface area contributed by atoms with Gasteiger partial charge < -0.3 is 5.11 Å². The molecular formula is C11H11Br2F3O. The Kier molecular flexibility index (Phi) is 5.47. The highest BCUT2D eigenvalue weighted by Crippen LogP contribution is 2.31. The molecule has 1 N–H and O–H groups in total. The molecule has 1 atom stereocenters. The average Bonchev–Trinajstić information content (AvgIpc) is 2.25. The number of hydrogen-bond donors (Lipinski definition) is 1. The Bertz CT molecular complexity index is 349. The third-order valence-corrected chi connectivity index (χ3v) is 3.20. The largest absolute Gasteiger partial charge is 0.416 e. The molecule has 0 saturated carbocycles. The molecule has 0 heterocycles. The molecule has 1 rings (SSSR count). The van der Waals surface area contributed by atoms with Crippen molar-refractivity contribution in [1.29, 1.82) is 0 Å². The fraction of sp³-hybridized carbons (Fsp3) is 0.455. The minimum atomic E-state index is -4.33. The van der Waals surface area contributed by atoms with Crippen molar-refractivity contribution in [1.82, 2.24) is 0 Å². The van der Waals surface area contributed by atoms with Crippen LogP contribution < -0.4 is 0 Å². The van der Waals surface area contributed by atoms with E-state index in [1.54, 1.807) is 0 Å². The van der Waals surface area contributed by atoms with Gasteiger partial charge in [0.25, 0.3) is 0 Å². The highest BCUT2D eigenvalue weighted by molar-refractivity contribution is 9.24. The summed E-state index contributed by atoms with van der Waals surface area (Å²) in [4.78, 5) is 0. The molecular weight excluding hydrogens is 365 g/mol. The molecule has 0 fully saturated rings. The molecule has 1 nitrogen and oxygen atoms in total. The van der Waals surface area contributed by atoms with Crippen molar-refractivity contribution in [3.05, 3.63) is 35.4 Å². The first-order valence-corrected chi connectivity index (χ1v) is 6.77. The summed E-state index contributed by atoms with van der Waals surface area (Å²) in [5.74, 6) is 0. The predicted molar refractivity (Wildman–Crippen MR) is 67.3 cm³/mol. The molecule has 0 aliphatic rings.